The van der Waals surface area contributed by atoms with Gasteiger partial charge in [-0.3, -0.25) is 0 Å². The predicted octanol–water partition coefficient (Wildman–Crippen LogP) is 1.75. The fourth-order valence-electron chi connectivity index (χ4n) is 0.768. The Morgan fingerprint density at radius 3 is 2.60 bits per heavy atom. The van der Waals surface area contributed by atoms with Crippen molar-refractivity contribution in [3.63, 3.8) is 0 Å². The van der Waals surface area contributed by atoms with E-state index in [1.54, 1.807) is 20.8 Å². The molecule has 2 N–H and O–H groups in total. The zero-order valence-corrected chi connectivity index (χ0v) is 9.34. The Balaban J connectivity index is 3.77. The number of rotatable bonds is 4. The molecule has 0 radical (unpaired) electrons. The molecule has 0 aliphatic heterocycles. The molecule has 0 heterocycles. The molecule has 88 valence electrons. The maximum atomic E-state index is 12.7. The summed E-state index contributed by atoms with van der Waals surface area (Å²) in [5, 5.41) is 10.8. The summed E-state index contributed by atoms with van der Waals surface area (Å²) < 4.78 is 17.6. The summed E-state index contributed by atoms with van der Waals surface area (Å²) in [4.78, 5) is 11.1. The Kier molecular flexibility index (Phi) is 5.93. The highest BCUT2D eigenvalue weighted by Crippen LogP contribution is 2.06. The maximum absolute atomic E-state index is 12.7. The summed E-state index contributed by atoms with van der Waals surface area (Å²) in [5.74, 6) is -0.450. The van der Waals surface area contributed by atoms with Gasteiger partial charge < -0.3 is 15.2 Å². The van der Waals surface area contributed by atoms with Gasteiger partial charge in [0.2, 0.25) is 0 Å². The number of aliphatic hydroxyl groups excluding tert-OH is 1. The lowest BCUT2D eigenvalue weighted by Gasteiger charge is -2.19. The molecule has 0 aliphatic carbocycles. The van der Waals surface area contributed by atoms with Crippen molar-refractivity contribution in [2.45, 2.75) is 32.8 Å². The van der Waals surface area contributed by atoms with Crippen molar-refractivity contribution >= 4 is 6.09 Å². The predicted molar refractivity (Wildman–Crippen MR) is 55.1 cm³/mol. The van der Waals surface area contributed by atoms with E-state index in [4.69, 9.17) is 9.84 Å². The van der Waals surface area contributed by atoms with E-state index in [9.17, 15) is 9.18 Å². The van der Waals surface area contributed by atoms with Crippen molar-refractivity contribution in [3.8, 4) is 0 Å². The van der Waals surface area contributed by atoms with E-state index in [0.29, 0.717) is 0 Å². The van der Waals surface area contributed by atoms with E-state index in [-0.39, 0.29) is 19.6 Å². The Hall–Kier alpha value is -1.10. The Bertz CT molecular complexity index is 233. The molecule has 0 unspecified atom stereocenters. The standard InChI is InChI=1S/C10H18FNO3/c1-10(2,3)15-9(14)12-6-4-8(11)5-7-13/h4,13H,5-7H2,1-3H3,(H,12,14)/b8-4+. The van der Waals surface area contributed by atoms with Gasteiger partial charge in [-0.1, -0.05) is 0 Å². The molecule has 0 saturated carbocycles. The molecule has 0 fully saturated rings. The Morgan fingerprint density at radius 1 is 1.53 bits per heavy atom. The van der Waals surface area contributed by atoms with Crippen LogP contribution in [-0.4, -0.2) is 30.0 Å². The van der Waals surface area contributed by atoms with E-state index < -0.39 is 17.5 Å². The highest BCUT2D eigenvalue weighted by Gasteiger charge is 2.15. The first-order valence-corrected chi connectivity index (χ1v) is 4.77. The zero-order chi connectivity index (χ0) is 11.9. The molecule has 0 aromatic heterocycles. The van der Waals surface area contributed by atoms with Crippen LogP contribution < -0.4 is 5.32 Å². The molecule has 0 aliphatic rings. The molecule has 5 heteroatoms. The summed E-state index contributed by atoms with van der Waals surface area (Å²) >= 11 is 0. The van der Waals surface area contributed by atoms with Crippen molar-refractivity contribution < 1.29 is 19.0 Å². The van der Waals surface area contributed by atoms with E-state index in [0.717, 1.165) is 0 Å². The van der Waals surface area contributed by atoms with E-state index in [1.807, 2.05) is 0 Å². The molecule has 0 spiro atoms. The summed E-state index contributed by atoms with van der Waals surface area (Å²) in [5.41, 5.74) is -0.558. The number of amides is 1. The molecular weight excluding hydrogens is 201 g/mol. The molecule has 0 atom stereocenters. The zero-order valence-electron chi connectivity index (χ0n) is 9.34. The molecule has 0 saturated heterocycles. The van der Waals surface area contributed by atoms with Gasteiger partial charge in [0.15, 0.2) is 0 Å². The lowest BCUT2D eigenvalue weighted by Crippen LogP contribution is -2.32. The van der Waals surface area contributed by atoms with Gasteiger partial charge in [-0.15, -0.1) is 0 Å². The average molecular weight is 219 g/mol. The minimum absolute atomic E-state index is 0.0317. The normalized spacial score (nSPS) is 12.5. The third kappa shape index (κ3) is 9.21. The summed E-state index contributed by atoms with van der Waals surface area (Å²) in [6, 6.07) is 0. The van der Waals surface area contributed by atoms with Crippen molar-refractivity contribution in [1.82, 2.24) is 5.32 Å². The highest BCUT2D eigenvalue weighted by molar-refractivity contribution is 5.67. The van der Waals surface area contributed by atoms with Crippen LogP contribution in [0.5, 0.6) is 0 Å². The van der Waals surface area contributed by atoms with Crippen molar-refractivity contribution in [2.24, 2.45) is 0 Å². The number of carbonyl (C=O) groups is 1. The van der Waals surface area contributed by atoms with Crippen LogP contribution in [0.4, 0.5) is 9.18 Å². The summed E-state index contributed by atoms with van der Waals surface area (Å²) in [6.07, 6.45) is 0.575. The first-order valence-electron chi connectivity index (χ1n) is 4.77. The second kappa shape index (κ2) is 6.40. The summed E-state index contributed by atoms with van der Waals surface area (Å²) in [6.45, 7) is 5.05. The van der Waals surface area contributed by atoms with Gasteiger partial charge in [-0.05, 0) is 26.8 Å². The number of hydrogen-bond donors (Lipinski definition) is 2. The van der Waals surface area contributed by atoms with Crippen LogP contribution in [0.15, 0.2) is 11.9 Å². The lowest BCUT2D eigenvalue weighted by molar-refractivity contribution is 0.0534. The van der Waals surface area contributed by atoms with E-state index in [2.05, 4.69) is 5.32 Å². The van der Waals surface area contributed by atoms with Crippen molar-refractivity contribution in [1.29, 1.82) is 0 Å². The van der Waals surface area contributed by atoms with Gasteiger partial charge in [0.25, 0.3) is 0 Å². The van der Waals surface area contributed by atoms with Crippen molar-refractivity contribution in [3.05, 3.63) is 11.9 Å². The van der Waals surface area contributed by atoms with Crippen LogP contribution in [-0.2, 0) is 4.74 Å². The second-order valence-electron chi connectivity index (χ2n) is 4.01. The molecule has 0 bridgehead atoms. The van der Waals surface area contributed by atoms with Crippen LogP contribution in [0.25, 0.3) is 0 Å². The number of alkyl carbamates (subject to hydrolysis) is 1. The molecule has 0 rings (SSSR count). The van der Waals surface area contributed by atoms with Gasteiger partial charge in [0, 0.05) is 19.6 Å². The van der Waals surface area contributed by atoms with Crippen LogP contribution >= 0.6 is 0 Å². The minimum Gasteiger partial charge on any atom is -0.444 e. The third-order valence-electron chi connectivity index (χ3n) is 1.32. The smallest absolute Gasteiger partial charge is 0.407 e. The van der Waals surface area contributed by atoms with Gasteiger partial charge in [-0.2, -0.15) is 0 Å². The van der Waals surface area contributed by atoms with Gasteiger partial charge in [0.05, 0.1) is 5.83 Å². The lowest BCUT2D eigenvalue weighted by atomic mass is 10.2. The SMILES string of the molecule is CC(C)(C)OC(=O)NC/C=C(/F)CCO. The van der Waals surface area contributed by atoms with Crippen molar-refractivity contribution in [2.75, 3.05) is 13.2 Å². The Morgan fingerprint density at radius 2 is 2.13 bits per heavy atom. The number of halogens is 1. The molecule has 0 aromatic rings. The Labute approximate surface area is 89.1 Å². The molecular formula is C10H18FNO3. The third-order valence-corrected chi connectivity index (χ3v) is 1.32. The van der Waals surface area contributed by atoms with Crippen LogP contribution in [0.2, 0.25) is 0 Å². The number of hydrogen-bond acceptors (Lipinski definition) is 3. The number of nitrogens with one attached hydrogen (secondary N) is 1. The highest BCUT2D eigenvalue weighted by atomic mass is 19.1. The minimum atomic E-state index is -0.587. The number of ether oxygens (including phenoxy) is 1. The number of carbonyl (C=O) groups excluding carboxylic acids is 1. The maximum Gasteiger partial charge on any atom is 0.407 e. The van der Waals surface area contributed by atoms with Gasteiger partial charge in [-0.25, -0.2) is 9.18 Å². The largest absolute Gasteiger partial charge is 0.444 e. The molecule has 1 amide bonds. The fraction of sp³-hybridized carbons (Fsp3) is 0.700. The first kappa shape index (κ1) is 13.9. The second-order valence-corrected chi connectivity index (χ2v) is 4.01. The van der Waals surface area contributed by atoms with Crippen LogP contribution in [0.3, 0.4) is 0 Å². The van der Waals surface area contributed by atoms with E-state index >= 15 is 0 Å². The quantitative estimate of drug-likeness (QED) is 0.757. The summed E-state index contributed by atoms with van der Waals surface area (Å²) in [7, 11) is 0. The van der Waals surface area contributed by atoms with Crippen LogP contribution in [0, 0.1) is 0 Å². The molecule has 4 nitrogen and oxygen atoms in total. The van der Waals surface area contributed by atoms with Gasteiger partial charge in [0.1, 0.15) is 5.60 Å². The monoisotopic (exact) mass is 219 g/mol. The fourth-order valence-corrected chi connectivity index (χ4v) is 0.768. The average Bonchev–Trinajstić information content (AvgIpc) is 2.00. The van der Waals surface area contributed by atoms with E-state index in [1.165, 1.54) is 6.08 Å². The first-order chi connectivity index (χ1) is 6.85. The van der Waals surface area contributed by atoms with Gasteiger partial charge >= 0.3 is 6.09 Å². The molecule has 0 aromatic carbocycles. The molecule has 15 heavy (non-hydrogen) atoms. The number of aliphatic hydroxyl groups is 1. The topological polar surface area (TPSA) is 58.6 Å². The van der Waals surface area contributed by atoms with Crippen LogP contribution in [0.1, 0.15) is 27.2 Å².